The van der Waals surface area contributed by atoms with E-state index in [0.717, 1.165) is 5.69 Å². The molecule has 19 heavy (non-hydrogen) atoms. The van der Waals surface area contributed by atoms with Gasteiger partial charge in [0.15, 0.2) is 0 Å². The second-order valence-electron chi connectivity index (χ2n) is 5.86. The number of benzene rings is 1. The Morgan fingerprint density at radius 2 is 1.84 bits per heavy atom. The van der Waals surface area contributed by atoms with Crippen LogP contribution in [0.2, 0.25) is 0 Å². The van der Waals surface area contributed by atoms with E-state index in [2.05, 4.69) is 50.4 Å². The van der Waals surface area contributed by atoms with Gasteiger partial charge in [0.1, 0.15) is 0 Å². The van der Waals surface area contributed by atoms with Crippen LogP contribution in [0.15, 0.2) is 24.3 Å². The summed E-state index contributed by atoms with van der Waals surface area (Å²) in [6.45, 7) is 11.3. The number of hydrogen-bond donors (Lipinski definition) is 1. The molecule has 0 aliphatic heterocycles. The lowest BCUT2D eigenvalue weighted by Gasteiger charge is -2.19. The molecule has 1 aromatic carbocycles. The summed E-state index contributed by atoms with van der Waals surface area (Å²) in [6.07, 6.45) is 0. The highest BCUT2D eigenvalue weighted by Gasteiger charge is 2.14. The Hall–Kier alpha value is -1.51. The summed E-state index contributed by atoms with van der Waals surface area (Å²) >= 11 is 0. The monoisotopic (exact) mass is 263 g/mol. The number of carbonyl (C=O) groups is 1. The van der Waals surface area contributed by atoms with Crippen molar-refractivity contribution in [2.75, 3.05) is 18.5 Å². The van der Waals surface area contributed by atoms with Gasteiger partial charge in [0, 0.05) is 12.2 Å². The lowest BCUT2D eigenvalue weighted by molar-refractivity contribution is -0.146. The lowest BCUT2D eigenvalue weighted by Crippen LogP contribution is -2.22. The summed E-state index contributed by atoms with van der Waals surface area (Å²) in [5, 5.41) is 3.26. The van der Waals surface area contributed by atoms with Gasteiger partial charge in [-0.25, -0.2) is 0 Å². The van der Waals surface area contributed by atoms with Crippen molar-refractivity contribution < 1.29 is 9.53 Å². The second-order valence-corrected chi connectivity index (χ2v) is 5.86. The zero-order chi connectivity index (χ0) is 14.5. The minimum absolute atomic E-state index is 0.137. The van der Waals surface area contributed by atoms with Crippen molar-refractivity contribution in [2.24, 2.45) is 5.92 Å². The van der Waals surface area contributed by atoms with Crippen molar-refractivity contribution in [3.63, 3.8) is 0 Å². The Balaban J connectivity index is 2.53. The second kappa shape index (κ2) is 6.60. The molecule has 0 aliphatic carbocycles. The van der Waals surface area contributed by atoms with Crippen LogP contribution in [-0.2, 0) is 14.9 Å². The van der Waals surface area contributed by atoms with Crippen LogP contribution in [0.25, 0.3) is 0 Å². The number of rotatable bonds is 5. The van der Waals surface area contributed by atoms with E-state index in [1.807, 2.05) is 13.8 Å². The highest BCUT2D eigenvalue weighted by atomic mass is 16.5. The average Bonchev–Trinajstić information content (AvgIpc) is 2.35. The molecule has 1 N–H and O–H groups in total. The SMILES string of the molecule is CCOC(=O)C(C)CNc1ccc(C(C)(C)C)cc1. The predicted molar refractivity (Wildman–Crippen MR) is 79.4 cm³/mol. The van der Waals surface area contributed by atoms with Gasteiger partial charge in [-0.2, -0.15) is 0 Å². The van der Waals surface area contributed by atoms with Crippen molar-refractivity contribution in [1.29, 1.82) is 0 Å². The molecule has 106 valence electrons. The standard InChI is InChI=1S/C16H25NO2/c1-6-19-15(18)12(2)11-17-14-9-7-13(8-10-14)16(3,4)5/h7-10,12,17H,6,11H2,1-5H3. The maximum Gasteiger partial charge on any atom is 0.310 e. The maximum absolute atomic E-state index is 11.5. The quantitative estimate of drug-likeness (QED) is 0.825. The molecule has 0 radical (unpaired) electrons. The summed E-state index contributed by atoms with van der Waals surface area (Å²) in [4.78, 5) is 11.5. The number of nitrogens with one attached hydrogen (secondary N) is 1. The third-order valence-electron chi connectivity index (χ3n) is 3.05. The molecule has 0 aliphatic rings. The molecule has 0 amide bonds. The molecule has 0 heterocycles. The minimum Gasteiger partial charge on any atom is -0.466 e. The Morgan fingerprint density at radius 1 is 1.26 bits per heavy atom. The van der Waals surface area contributed by atoms with Crippen LogP contribution in [0, 0.1) is 5.92 Å². The fourth-order valence-electron chi connectivity index (χ4n) is 1.73. The minimum atomic E-state index is -0.152. The zero-order valence-corrected chi connectivity index (χ0v) is 12.6. The van der Waals surface area contributed by atoms with Gasteiger partial charge in [-0.05, 0) is 30.0 Å². The van der Waals surface area contributed by atoms with E-state index in [-0.39, 0.29) is 17.3 Å². The van der Waals surface area contributed by atoms with Gasteiger partial charge in [0.2, 0.25) is 0 Å². The molecule has 0 bridgehead atoms. The smallest absolute Gasteiger partial charge is 0.310 e. The van der Waals surface area contributed by atoms with Crippen molar-refractivity contribution in [2.45, 2.75) is 40.0 Å². The van der Waals surface area contributed by atoms with Gasteiger partial charge in [-0.3, -0.25) is 4.79 Å². The van der Waals surface area contributed by atoms with Crippen LogP contribution < -0.4 is 5.32 Å². The highest BCUT2D eigenvalue weighted by Crippen LogP contribution is 2.23. The van der Waals surface area contributed by atoms with Crippen LogP contribution in [0.4, 0.5) is 5.69 Å². The topological polar surface area (TPSA) is 38.3 Å². The summed E-state index contributed by atoms with van der Waals surface area (Å²) in [5.74, 6) is -0.288. The molecular weight excluding hydrogens is 238 g/mol. The van der Waals surface area contributed by atoms with E-state index in [1.165, 1.54) is 5.56 Å². The van der Waals surface area contributed by atoms with Crippen LogP contribution >= 0.6 is 0 Å². The van der Waals surface area contributed by atoms with Crippen LogP contribution in [0.3, 0.4) is 0 Å². The fraction of sp³-hybridized carbons (Fsp3) is 0.562. The maximum atomic E-state index is 11.5. The van der Waals surface area contributed by atoms with Crippen molar-refractivity contribution in [3.05, 3.63) is 29.8 Å². The Labute approximate surface area is 116 Å². The first-order chi connectivity index (χ1) is 8.84. The van der Waals surface area contributed by atoms with E-state index >= 15 is 0 Å². The molecule has 0 aromatic heterocycles. The number of anilines is 1. The summed E-state index contributed by atoms with van der Waals surface area (Å²) in [7, 11) is 0. The van der Waals surface area contributed by atoms with Gasteiger partial charge in [0.25, 0.3) is 0 Å². The van der Waals surface area contributed by atoms with Crippen molar-refractivity contribution in [3.8, 4) is 0 Å². The third kappa shape index (κ3) is 4.93. The molecule has 1 aromatic rings. The van der Waals surface area contributed by atoms with Crippen LogP contribution in [0.1, 0.15) is 40.2 Å². The molecule has 3 heteroatoms. The first-order valence-electron chi connectivity index (χ1n) is 6.85. The molecule has 0 spiro atoms. The van der Waals surface area contributed by atoms with E-state index in [0.29, 0.717) is 13.2 Å². The van der Waals surface area contributed by atoms with Crippen molar-refractivity contribution >= 4 is 11.7 Å². The molecule has 0 fully saturated rings. The van der Waals surface area contributed by atoms with E-state index in [9.17, 15) is 4.79 Å². The average molecular weight is 263 g/mol. The number of carbonyl (C=O) groups excluding carboxylic acids is 1. The fourth-order valence-corrected chi connectivity index (χ4v) is 1.73. The lowest BCUT2D eigenvalue weighted by atomic mass is 9.87. The molecular formula is C16H25NO2. The number of hydrogen-bond acceptors (Lipinski definition) is 3. The molecule has 0 saturated heterocycles. The van der Waals surface area contributed by atoms with Gasteiger partial charge < -0.3 is 10.1 Å². The highest BCUT2D eigenvalue weighted by molar-refractivity contribution is 5.72. The Bertz CT molecular complexity index is 404. The van der Waals surface area contributed by atoms with E-state index in [1.54, 1.807) is 0 Å². The van der Waals surface area contributed by atoms with Gasteiger partial charge in [-0.15, -0.1) is 0 Å². The summed E-state index contributed by atoms with van der Waals surface area (Å²) < 4.78 is 4.98. The Kier molecular flexibility index (Phi) is 5.40. The molecule has 1 atom stereocenters. The molecule has 1 unspecified atom stereocenters. The normalized spacial score (nSPS) is 12.9. The van der Waals surface area contributed by atoms with Gasteiger partial charge in [-0.1, -0.05) is 39.8 Å². The summed E-state index contributed by atoms with van der Waals surface area (Å²) in [6, 6.07) is 8.35. The Morgan fingerprint density at radius 3 is 2.32 bits per heavy atom. The first-order valence-corrected chi connectivity index (χ1v) is 6.85. The summed E-state index contributed by atoms with van der Waals surface area (Å²) in [5.41, 5.74) is 2.50. The third-order valence-corrected chi connectivity index (χ3v) is 3.05. The van der Waals surface area contributed by atoms with Crippen molar-refractivity contribution in [1.82, 2.24) is 0 Å². The van der Waals surface area contributed by atoms with Gasteiger partial charge in [0.05, 0.1) is 12.5 Å². The van der Waals surface area contributed by atoms with Crippen LogP contribution in [-0.4, -0.2) is 19.1 Å². The number of esters is 1. The molecule has 3 nitrogen and oxygen atoms in total. The van der Waals surface area contributed by atoms with E-state index < -0.39 is 0 Å². The zero-order valence-electron chi connectivity index (χ0n) is 12.6. The predicted octanol–water partition coefficient (Wildman–Crippen LogP) is 3.60. The van der Waals surface area contributed by atoms with E-state index in [4.69, 9.17) is 4.74 Å². The largest absolute Gasteiger partial charge is 0.466 e. The van der Waals surface area contributed by atoms with Gasteiger partial charge >= 0.3 is 5.97 Å². The number of ether oxygens (including phenoxy) is 1. The first kappa shape index (κ1) is 15.5. The molecule has 0 saturated carbocycles. The van der Waals surface area contributed by atoms with Crippen LogP contribution in [0.5, 0.6) is 0 Å². The molecule has 1 rings (SSSR count).